The lowest BCUT2D eigenvalue weighted by Gasteiger charge is -2.33. The molecule has 1 aliphatic heterocycles. The summed E-state index contributed by atoms with van der Waals surface area (Å²) in [4.78, 5) is 14.3. The smallest absolute Gasteiger partial charge is 0.272 e. The van der Waals surface area contributed by atoms with Crippen molar-refractivity contribution >= 4 is 5.91 Å². The van der Waals surface area contributed by atoms with E-state index < -0.39 is 0 Å². The van der Waals surface area contributed by atoms with E-state index in [1.807, 2.05) is 11.8 Å². The number of nitrogens with zero attached hydrogens (tertiary/aromatic N) is 2. The average Bonchev–Trinajstić information content (AvgIpc) is 2.98. The van der Waals surface area contributed by atoms with E-state index >= 15 is 0 Å². The Balaban J connectivity index is 1.81. The van der Waals surface area contributed by atoms with Crippen LogP contribution in [0.2, 0.25) is 0 Å². The summed E-state index contributed by atoms with van der Waals surface area (Å²) in [7, 11) is 0. The number of carbonyl (C=O) groups is 1. The summed E-state index contributed by atoms with van der Waals surface area (Å²) >= 11 is 0. The minimum absolute atomic E-state index is 0.0511. The van der Waals surface area contributed by atoms with E-state index in [1.54, 1.807) is 18.2 Å². The van der Waals surface area contributed by atoms with Crippen LogP contribution in [0.5, 0.6) is 0 Å². The van der Waals surface area contributed by atoms with Crippen molar-refractivity contribution in [3.05, 3.63) is 41.8 Å². The molecule has 1 atom stereocenters. The maximum atomic E-state index is 12.9. The molecule has 0 spiro atoms. The van der Waals surface area contributed by atoms with Gasteiger partial charge in [-0.05, 0) is 37.3 Å². The molecule has 21 heavy (non-hydrogen) atoms. The zero-order chi connectivity index (χ0) is 14.8. The fourth-order valence-electron chi connectivity index (χ4n) is 2.50. The molecule has 2 aromatic rings. The first-order valence-corrected chi connectivity index (χ1v) is 6.98. The summed E-state index contributed by atoms with van der Waals surface area (Å²) in [5.41, 5.74) is 1.88. The van der Waals surface area contributed by atoms with E-state index in [0.717, 1.165) is 18.7 Å². The molecule has 0 saturated carbocycles. The molecule has 1 saturated heterocycles. The first kappa shape index (κ1) is 13.8. The third-order valence-electron chi connectivity index (χ3n) is 3.71. The number of amides is 1. The molecule has 6 heteroatoms. The van der Waals surface area contributed by atoms with Crippen molar-refractivity contribution in [2.45, 2.75) is 13.0 Å². The van der Waals surface area contributed by atoms with Crippen LogP contribution in [0, 0.1) is 5.82 Å². The van der Waals surface area contributed by atoms with Crippen LogP contribution in [0.4, 0.5) is 4.39 Å². The van der Waals surface area contributed by atoms with Crippen LogP contribution < -0.4 is 5.32 Å². The van der Waals surface area contributed by atoms with Gasteiger partial charge in [0.1, 0.15) is 11.5 Å². The second-order valence-corrected chi connectivity index (χ2v) is 5.23. The molecule has 0 radical (unpaired) electrons. The topological polar surface area (TPSA) is 61.0 Å². The Bertz CT molecular complexity index is 637. The van der Waals surface area contributed by atoms with Crippen LogP contribution in [-0.2, 0) is 0 Å². The quantitative estimate of drug-likeness (QED) is 0.883. The zero-order valence-corrected chi connectivity index (χ0v) is 11.8. The first-order valence-electron chi connectivity index (χ1n) is 6.98. The normalized spacial score (nSPS) is 18.8. The van der Waals surface area contributed by atoms with Gasteiger partial charge in [0.25, 0.3) is 5.91 Å². The predicted octanol–water partition coefficient (Wildman–Crippen LogP) is 1.65. The number of benzene rings is 1. The number of rotatable bonds is 2. The Labute approximate surface area is 122 Å². The van der Waals surface area contributed by atoms with Gasteiger partial charge >= 0.3 is 0 Å². The third-order valence-corrected chi connectivity index (χ3v) is 3.71. The van der Waals surface area contributed by atoms with Crippen LogP contribution in [0.15, 0.2) is 30.3 Å². The average molecular weight is 288 g/mol. The van der Waals surface area contributed by atoms with Gasteiger partial charge in [-0.15, -0.1) is 0 Å². The van der Waals surface area contributed by atoms with Crippen molar-refractivity contribution in [1.82, 2.24) is 20.4 Å². The van der Waals surface area contributed by atoms with Crippen LogP contribution in [-0.4, -0.2) is 46.7 Å². The number of nitrogens with one attached hydrogen (secondary N) is 2. The summed E-state index contributed by atoms with van der Waals surface area (Å²) in [6.45, 7) is 4.30. The summed E-state index contributed by atoms with van der Waals surface area (Å²) in [5.74, 6) is -0.343. The maximum Gasteiger partial charge on any atom is 0.272 e. The molecule has 1 fully saturated rings. The maximum absolute atomic E-state index is 12.9. The van der Waals surface area contributed by atoms with Gasteiger partial charge < -0.3 is 10.2 Å². The van der Waals surface area contributed by atoms with E-state index in [9.17, 15) is 9.18 Å². The monoisotopic (exact) mass is 288 g/mol. The molecule has 3 rings (SSSR count). The minimum atomic E-state index is -0.291. The number of H-pyrrole nitrogens is 1. The van der Waals surface area contributed by atoms with E-state index in [-0.39, 0.29) is 17.8 Å². The highest BCUT2D eigenvalue weighted by Crippen LogP contribution is 2.19. The first-order chi connectivity index (χ1) is 10.1. The molecule has 2 heterocycles. The van der Waals surface area contributed by atoms with Gasteiger partial charge in [-0.3, -0.25) is 9.89 Å². The van der Waals surface area contributed by atoms with E-state index in [1.165, 1.54) is 12.1 Å². The minimum Gasteiger partial charge on any atom is -0.332 e. The van der Waals surface area contributed by atoms with Crippen molar-refractivity contribution in [2.75, 3.05) is 19.6 Å². The molecule has 0 unspecified atom stereocenters. The number of hydrogen-bond donors (Lipinski definition) is 2. The highest BCUT2D eigenvalue weighted by Gasteiger charge is 2.25. The largest absolute Gasteiger partial charge is 0.332 e. The van der Waals surface area contributed by atoms with Gasteiger partial charge in [0.15, 0.2) is 0 Å². The Kier molecular flexibility index (Phi) is 3.70. The summed E-state index contributed by atoms with van der Waals surface area (Å²) in [6, 6.07) is 7.92. The highest BCUT2D eigenvalue weighted by atomic mass is 19.1. The fourth-order valence-corrected chi connectivity index (χ4v) is 2.50. The molecule has 110 valence electrons. The molecule has 0 bridgehead atoms. The molecular formula is C15H17FN4O. The number of piperazine rings is 1. The van der Waals surface area contributed by atoms with Gasteiger partial charge in [0.2, 0.25) is 0 Å². The Morgan fingerprint density at radius 2 is 2.14 bits per heavy atom. The van der Waals surface area contributed by atoms with E-state index in [2.05, 4.69) is 15.5 Å². The van der Waals surface area contributed by atoms with Gasteiger partial charge in [-0.1, -0.05) is 0 Å². The van der Waals surface area contributed by atoms with Crippen LogP contribution >= 0.6 is 0 Å². The molecule has 1 aromatic heterocycles. The van der Waals surface area contributed by atoms with Gasteiger partial charge in [0.05, 0.1) is 5.69 Å². The van der Waals surface area contributed by atoms with E-state index in [0.29, 0.717) is 17.9 Å². The van der Waals surface area contributed by atoms with Crippen molar-refractivity contribution in [3.8, 4) is 11.3 Å². The second kappa shape index (κ2) is 5.65. The van der Waals surface area contributed by atoms with E-state index in [4.69, 9.17) is 0 Å². The summed E-state index contributed by atoms with van der Waals surface area (Å²) in [5, 5.41) is 10.2. The highest BCUT2D eigenvalue weighted by molar-refractivity contribution is 5.93. The second-order valence-electron chi connectivity index (χ2n) is 5.23. The number of halogens is 1. The number of hydrogen-bond acceptors (Lipinski definition) is 3. The van der Waals surface area contributed by atoms with Gasteiger partial charge in [-0.25, -0.2) is 4.39 Å². The molecule has 1 aliphatic rings. The van der Waals surface area contributed by atoms with Crippen LogP contribution in [0.25, 0.3) is 11.3 Å². The third kappa shape index (κ3) is 2.80. The van der Waals surface area contributed by atoms with Crippen molar-refractivity contribution in [1.29, 1.82) is 0 Å². The summed E-state index contributed by atoms with van der Waals surface area (Å²) in [6.07, 6.45) is 0. The fraction of sp³-hybridized carbons (Fsp3) is 0.333. The standard InChI is InChI=1S/C15H17FN4O/c1-10-9-17-6-7-20(10)15(21)14-8-13(18-19-14)11-2-4-12(16)5-3-11/h2-5,8,10,17H,6-7,9H2,1H3,(H,18,19)/t10-/m1/s1. The number of aromatic amines is 1. The lowest BCUT2D eigenvalue weighted by molar-refractivity contribution is 0.0649. The molecular weight excluding hydrogens is 271 g/mol. The summed E-state index contributed by atoms with van der Waals surface area (Å²) < 4.78 is 12.9. The van der Waals surface area contributed by atoms with Crippen molar-refractivity contribution in [3.63, 3.8) is 0 Å². The molecule has 2 N–H and O–H groups in total. The molecule has 5 nitrogen and oxygen atoms in total. The SMILES string of the molecule is C[C@@H]1CNCCN1C(=O)c1cc(-c2ccc(F)cc2)n[nH]1. The van der Waals surface area contributed by atoms with Crippen LogP contribution in [0.3, 0.4) is 0 Å². The Morgan fingerprint density at radius 1 is 1.38 bits per heavy atom. The Morgan fingerprint density at radius 3 is 2.86 bits per heavy atom. The molecule has 1 aromatic carbocycles. The predicted molar refractivity (Wildman–Crippen MR) is 77.3 cm³/mol. The Hall–Kier alpha value is -2.21. The van der Waals surface area contributed by atoms with Gasteiger partial charge in [0, 0.05) is 31.2 Å². The van der Waals surface area contributed by atoms with Crippen LogP contribution in [0.1, 0.15) is 17.4 Å². The zero-order valence-electron chi connectivity index (χ0n) is 11.8. The number of carbonyl (C=O) groups excluding carboxylic acids is 1. The van der Waals surface area contributed by atoms with Crippen molar-refractivity contribution in [2.24, 2.45) is 0 Å². The lowest BCUT2D eigenvalue weighted by atomic mass is 10.1. The molecule has 0 aliphatic carbocycles. The van der Waals surface area contributed by atoms with Crippen molar-refractivity contribution < 1.29 is 9.18 Å². The lowest BCUT2D eigenvalue weighted by Crippen LogP contribution is -2.52. The van der Waals surface area contributed by atoms with Gasteiger partial charge in [-0.2, -0.15) is 5.10 Å². The number of aromatic nitrogens is 2. The molecule has 1 amide bonds.